The first-order valence-electron chi connectivity index (χ1n) is 11.8. The number of hydrogen-bond acceptors (Lipinski definition) is 6. The number of nitrogens with zero attached hydrogens (tertiary/aromatic N) is 2. The van der Waals surface area contributed by atoms with Crippen LogP contribution < -0.4 is 11.1 Å². The van der Waals surface area contributed by atoms with Crippen molar-refractivity contribution < 1.29 is 19.5 Å². The number of nitrogens with one attached hydrogen (secondary N) is 1. The molecule has 1 saturated heterocycles. The maximum atomic E-state index is 12.4. The predicted molar refractivity (Wildman–Crippen MR) is 132 cm³/mol. The highest BCUT2D eigenvalue weighted by Gasteiger charge is 2.45. The second-order valence-corrected chi connectivity index (χ2v) is 9.01. The highest BCUT2D eigenvalue weighted by atomic mass is 16.7. The zero-order chi connectivity index (χ0) is 24.7. The number of carbonyl (C=O) groups is 2. The van der Waals surface area contributed by atoms with Gasteiger partial charge in [0.05, 0.1) is 13.2 Å². The molecule has 0 saturated carbocycles. The molecule has 0 bridgehead atoms. The van der Waals surface area contributed by atoms with Crippen LogP contribution in [0.5, 0.6) is 0 Å². The average molecular weight is 469 g/mol. The zero-order valence-corrected chi connectivity index (χ0v) is 20.2. The number of hydroxylamine groups is 2. The van der Waals surface area contributed by atoms with Crippen LogP contribution >= 0.6 is 0 Å². The number of primary amides is 1. The average Bonchev–Trinajstić information content (AvgIpc) is 3.19. The van der Waals surface area contributed by atoms with Crippen LogP contribution in [0.15, 0.2) is 48.5 Å². The van der Waals surface area contributed by atoms with Crippen molar-refractivity contribution in [3.63, 3.8) is 0 Å². The Bertz CT molecular complexity index is 964. The highest BCUT2D eigenvalue weighted by molar-refractivity contribution is 5.94. The molecule has 8 heteroatoms. The smallest absolute Gasteiger partial charge is 0.251 e. The summed E-state index contributed by atoms with van der Waals surface area (Å²) in [6.07, 6.45) is 1.15. The molecule has 0 radical (unpaired) electrons. The molecule has 2 aromatic rings. The van der Waals surface area contributed by atoms with Crippen LogP contribution in [-0.4, -0.2) is 72.8 Å². The molecule has 2 aromatic carbocycles. The number of hydrogen-bond donors (Lipinski definition) is 3. The van der Waals surface area contributed by atoms with Crippen LogP contribution in [0.25, 0.3) is 11.1 Å². The van der Waals surface area contributed by atoms with Gasteiger partial charge in [-0.3, -0.25) is 14.4 Å². The van der Waals surface area contributed by atoms with E-state index < -0.39 is 18.1 Å². The van der Waals surface area contributed by atoms with Crippen molar-refractivity contribution in [3.05, 3.63) is 59.7 Å². The molecule has 1 heterocycles. The third-order valence-electron chi connectivity index (χ3n) is 6.22. The SMILES string of the molecule is CCC1C(CO)ON(Cc2cccc(-c3ccc(C(=O)NCCCN(C)C)cc3)c2)C1C(N)=O. The van der Waals surface area contributed by atoms with E-state index in [2.05, 4.69) is 10.2 Å². The Balaban J connectivity index is 1.67. The third-order valence-corrected chi connectivity index (χ3v) is 6.22. The molecule has 0 spiro atoms. The second kappa shape index (κ2) is 12.1. The summed E-state index contributed by atoms with van der Waals surface area (Å²) in [6, 6.07) is 14.9. The van der Waals surface area contributed by atoms with Crippen molar-refractivity contribution >= 4 is 11.8 Å². The fourth-order valence-corrected chi connectivity index (χ4v) is 4.42. The first-order chi connectivity index (χ1) is 16.3. The molecule has 3 rings (SSSR count). The number of amides is 2. The molecule has 1 aliphatic rings. The molecular formula is C26H36N4O4. The van der Waals surface area contributed by atoms with Crippen LogP contribution in [0.2, 0.25) is 0 Å². The normalized spacial score (nSPS) is 20.6. The maximum absolute atomic E-state index is 12.4. The minimum atomic E-state index is -0.582. The lowest BCUT2D eigenvalue weighted by Gasteiger charge is -2.22. The van der Waals surface area contributed by atoms with Gasteiger partial charge in [-0.2, -0.15) is 5.06 Å². The number of aliphatic hydroxyl groups excluding tert-OH is 1. The first kappa shape index (κ1) is 25.8. The third kappa shape index (κ3) is 6.42. The maximum Gasteiger partial charge on any atom is 0.251 e. The van der Waals surface area contributed by atoms with Crippen LogP contribution in [0.1, 0.15) is 35.7 Å². The van der Waals surface area contributed by atoms with Crippen molar-refractivity contribution in [1.82, 2.24) is 15.3 Å². The molecule has 0 aliphatic carbocycles. The van der Waals surface area contributed by atoms with Gasteiger partial charge in [0.1, 0.15) is 12.1 Å². The Morgan fingerprint density at radius 2 is 1.88 bits per heavy atom. The Morgan fingerprint density at radius 1 is 1.15 bits per heavy atom. The summed E-state index contributed by atoms with van der Waals surface area (Å²) in [6.45, 7) is 3.75. The number of carbonyl (C=O) groups excluding carboxylic acids is 2. The quantitative estimate of drug-likeness (QED) is 0.436. The van der Waals surface area contributed by atoms with E-state index in [1.165, 1.54) is 0 Å². The zero-order valence-electron chi connectivity index (χ0n) is 20.2. The second-order valence-electron chi connectivity index (χ2n) is 9.01. The minimum absolute atomic E-state index is 0.0772. The number of nitrogens with two attached hydrogens (primary N) is 1. The van der Waals surface area contributed by atoms with Crippen molar-refractivity contribution in [2.45, 2.75) is 38.5 Å². The summed E-state index contributed by atoms with van der Waals surface area (Å²) in [5, 5.41) is 14.2. The van der Waals surface area contributed by atoms with Gasteiger partial charge >= 0.3 is 0 Å². The van der Waals surface area contributed by atoms with E-state index in [4.69, 9.17) is 10.6 Å². The van der Waals surface area contributed by atoms with E-state index in [1.807, 2.05) is 69.6 Å². The van der Waals surface area contributed by atoms with E-state index in [0.717, 1.165) is 29.7 Å². The largest absolute Gasteiger partial charge is 0.394 e. The van der Waals surface area contributed by atoms with Crippen molar-refractivity contribution in [1.29, 1.82) is 0 Å². The molecule has 184 valence electrons. The molecule has 34 heavy (non-hydrogen) atoms. The van der Waals surface area contributed by atoms with Gasteiger partial charge in [0, 0.05) is 18.0 Å². The Labute approximate surface area is 201 Å². The van der Waals surface area contributed by atoms with E-state index in [-0.39, 0.29) is 18.4 Å². The van der Waals surface area contributed by atoms with Crippen molar-refractivity contribution in [2.24, 2.45) is 11.7 Å². The molecule has 8 nitrogen and oxygen atoms in total. The Hall–Kier alpha value is -2.78. The predicted octanol–water partition coefficient (Wildman–Crippen LogP) is 2.02. The number of aliphatic hydroxyl groups is 1. The van der Waals surface area contributed by atoms with Gasteiger partial charge in [0.25, 0.3) is 5.91 Å². The van der Waals surface area contributed by atoms with Gasteiger partial charge < -0.3 is 21.1 Å². The van der Waals surface area contributed by atoms with E-state index >= 15 is 0 Å². The Kier molecular flexibility index (Phi) is 9.18. The molecule has 1 fully saturated rings. The Morgan fingerprint density at radius 3 is 2.50 bits per heavy atom. The first-order valence-corrected chi connectivity index (χ1v) is 11.8. The molecule has 0 aromatic heterocycles. The van der Waals surface area contributed by atoms with Gasteiger partial charge in [0.15, 0.2) is 0 Å². The number of rotatable bonds is 11. The fraction of sp³-hybridized carbons (Fsp3) is 0.462. The van der Waals surface area contributed by atoms with Crippen LogP contribution in [-0.2, 0) is 16.2 Å². The fourth-order valence-electron chi connectivity index (χ4n) is 4.42. The molecule has 4 N–H and O–H groups in total. The lowest BCUT2D eigenvalue weighted by atomic mass is 9.92. The summed E-state index contributed by atoms with van der Waals surface area (Å²) >= 11 is 0. The van der Waals surface area contributed by atoms with Gasteiger partial charge in [-0.25, -0.2) is 0 Å². The summed E-state index contributed by atoms with van der Waals surface area (Å²) in [5.41, 5.74) is 9.22. The summed E-state index contributed by atoms with van der Waals surface area (Å²) in [7, 11) is 4.02. The molecule has 2 amide bonds. The lowest BCUT2D eigenvalue weighted by molar-refractivity contribution is -0.180. The van der Waals surface area contributed by atoms with Gasteiger partial charge in [-0.15, -0.1) is 0 Å². The molecule has 3 unspecified atom stereocenters. The van der Waals surface area contributed by atoms with E-state index in [1.54, 1.807) is 5.06 Å². The van der Waals surface area contributed by atoms with E-state index in [9.17, 15) is 14.7 Å². The van der Waals surface area contributed by atoms with Crippen molar-refractivity contribution in [2.75, 3.05) is 33.8 Å². The highest BCUT2D eigenvalue weighted by Crippen LogP contribution is 2.32. The number of benzene rings is 2. The summed E-state index contributed by atoms with van der Waals surface area (Å²) in [4.78, 5) is 32.4. The lowest BCUT2D eigenvalue weighted by Crippen LogP contribution is -2.43. The van der Waals surface area contributed by atoms with Crippen LogP contribution in [0.3, 0.4) is 0 Å². The van der Waals surface area contributed by atoms with Crippen molar-refractivity contribution in [3.8, 4) is 11.1 Å². The van der Waals surface area contributed by atoms with Gasteiger partial charge in [-0.1, -0.05) is 37.3 Å². The summed E-state index contributed by atoms with van der Waals surface area (Å²) in [5.74, 6) is -0.673. The molecule has 1 aliphatic heterocycles. The molecular weight excluding hydrogens is 432 g/mol. The van der Waals surface area contributed by atoms with Crippen LogP contribution in [0.4, 0.5) is 0 Å². The summed E-state index contributed by atoms with van der Waals surface area (Å²) < 4.78 is 0. The van der Waals surface area contributed by atoms with Gasteiger partial charge in [0.2, 0.25) is 5.91 Å². The van der Waals surface area contributed by atoms with E-state index in [0.29, 0.717) is 25.1 Å². The monoisotopic (exact) mass is 468 g/mol. The standard InChI is InChI=1S/C26H36N4O4/c1-4-22-23(17-31)34-30(24(22)25(27)32)16-18-7-5-8-21(15-18)19-9-11-20(12-10-19)26(33)28-13-6-14-29(2)3/h5,7-12,15,22-24,31H,4,6,13-14,16-17H2,1-3H3,(H2,27,32)(H,28,33). The minimum Gasteiger partial charge on any atom is -0.394 e. The van der Waals surface area contributed by atoms with Crippen LogP contribution in [0, 0.1) is 5.92 Å². The van der Waals surface area contributed by atoms with Gasteiger partial charge in [-0.05, 0) is 68.4 Å². The topological polar surface area (TPSA) is 108 Å². The molecule has 3 atom stereocenters.